The molecule has 7 heteroatoms. The predicted octanol–water partition coefficient (Wildman–Crippen LogP) is 5.88. The molecule has 0 aliphatic rings. The average molecular weight is 579 g/mol. The third-order valence-corrected chi connectivity index (χ3v) is 7.24. The number of carbonyl (C=O) groups is 3. The van der Waals surface area contributed by atoms with E-state index in [0.717, 1.165) is 17.5 Å². The van der Waals surface area contributed by atoms with Crippen molar-refractivity contribution in [1.29, 1.82) is 0 Å². The molecule has 2 unspecified atom stereocenters. The lowest BCUT2D eigenvalue weighted by atomic mass is 9.96. The van der Waals surface area contributed by atoms with Crippen molar-refractivity contribution >= 4 is 23.3 Å². The van der Waals surface area contributed by atoms with Crippen molar-refractivity contribution in [2.24, 2.45) is 5.92 Å². The van der Waals surface area contributed by atoms with E-state index in [0.29, 0.717) is 48.6 Å². The van der Waals surface area contributed by atoms with Gasteiger partial charge < -0.3 is 20.1 Å². The minimum Gasteiger partial charge on any atom is -0.492 e. The molecular weight excluding hydrogens is 540 g/mol. The molecule has 43 heavy (non-hydrogen) atoms. The number of hydrogen-bond acceptors (Lipinski definition) is 6. The van der Waals surface area contributed by atoms with Gasteiger partial charge in [-0.15, -0.1) is 0 Å². The van der Waals surface area contributed by atoms with Gasteiger partial charge in [0.1, 0.15) is 18.4 Å². The standard InChI is InChI=1S/C36H38N2O5/c1-3-28(24-26-12-6-4-7-13-26)35(40)37-22-23-43-30-20-18-27(19-21-30)25-33(36(41)42-2)38-32-17-11-10-16-31(32)34(39)29-14-8-5-9-15-29/h4-21,28,33,38H,3,22-25H2,1-2H3,(H,37,40). The highest BCUT2D eigenvalue weighted by molar-refractivity contribution is 6.12. The van der Waals surface area contributed by atoms with Crippen molar-refractivity contribution < 1.29 is 23.9 Å². The number of benzene rings is 4. The molecule has 0 aromatic heterocycles. The summed E-state index contributed by atoms with van der Waals surface area (Å²) in [5, 5.41) is 6.21. The summed E-state index contributed by atoms with van der Waals surface area (Å²) >= 11 is 0. The average Bonchev–Trinajstić information content (AvgIpc) is 3.06. The van der Waals surface area contributed by atoms with Gasteiger partial charge in [-0.1, -0.05) is 91.9 Å². The van der Waals surface area contributed by atoms with E-state index in [1.807, 2.05) is 85.8 Å². The van der Waals surface area contributed by atoms with E-state index in [1.165, 1.54) is 7.11 Å². The minimum absolute atomic E-state index is 0.0266. The number of amides is 1. The van der Waals surface area contributed by atoms with Gasteiger partial charge in [-0.2, -0.15) is 0 Å². The second-order valence-electron chi connectivity index (χ2n) is 10.2. The first-order chi connectivity index (χ1) is 21.0. The van der Waals surface area contributed by atoms with Gasteiger partial charge >= 0.3 is 5.97 Å². The number of anilines is 1. The van der Waals surface area contributed by atoms with E-state index >= 15 is 0 Å². The van der Waals surface area contributed by atoms with Crippen LogP contribution in [0.2, 0.25) is 0 Å². The Morgan fingerprint density at radius 1 is 0.744 bits per heavy atom. The lowest BCUT2D eigenvalue weighted by molar-refractivity contribution is -0.141. The van der Waals surface area contributed by atoms with Crippen molar-refractivity contribution in [3.8, 4) is 5.75 Å². The second kappa shape index (κ2) is 15.9. The first kappa shape index (κ1) is 31.0. The van der Waals surface area contributed by atoms with Gasteiger partial charge in [0, 0.05) is 29.2 Å². The molecule has 7 nitrogen and oxygen atoms in total. The van der Waals surface area contributed by atoms with E-state index in [1.54, 1.807) is 30.3 Å². The highest BCUT2D eigenvalue weighted by Gasteiger charge is 2.23. The summed E-state index contributed by atoms with van der Waals surface area (Å²) < 4.78 is 10.9. The van der Waals surface area contributed by atoms with Crippen molar-refractivity contribution in [1.82, 2.24) is 5.32 Å². The number of methoxy groups -OCH3 is 1. The zero-order valence-corrected chi connectivity index (χ0v) is 24.6. The number of ketones is 1. The molecule has 4 rings (SSSR count). The van der Waals surface area contributed by atoms with Crippen molar-refractivity contribution in [3.63, 3.8) is 0 Å². The van der Waals surface area contributed by atoms with E-state index in [9.17, 15) is 14.4 Å². The maximum Gasteiger partial charge on any atom is 0.328 e. The van der Waals surface area contributed by atoms with Gasteiger partial charge in [0.05, 0.1) is 13.7 Å². The van der Waals surface area contributed by atoms with Crippen LogP contribution >= 0.6 is 0 Å². The van der Waals surface area contributed by atoms with Crippen LogP contribution in [-0.2, 0) is 27.2 Å². The largest absolute Gasteiger partial charge is 0.492 e. The van der Waals surface area contributed by atoms with Crippen LogP contribution < -0.4 is 15.4 Å². The van der Waals surface area contributed by atoms with Crippen molar-refractivity contribution in [2.45, 2.75) is 32.2 Å². The van der Waals surface area contributed by atoms with Gasteiger partial charge in [0.2, 0.25) is 5.91 Å². The summed E-state index contributed by atoms with van der Waals surface area (Å²) in [6, 6.07) is 32.9. The van der Waals surface area contributed by atoms with E-state index in [2.05, 4.69) is 10.6 Å². The highest BCUT2D eigenvalue weighted by Crippen LogP contribution is 2.22. The zero-order chi connectivity index (χ0) is 30.4. The van der Waals surface area contributed by atoms with Crippen LogP contribution in [0.4, 0.5) is 5.69 Å². The van der Waals surface area contributed by atoms with Gasteiger partial charge in [0.15, 0.2) is 5.78 Å². The quantitative estimate of drug-likeness (QED) is 0.104. The summed E-state index contributed by atoms with van der Waals surface area (Å²) in [4.78, 5) is 38.5. The van der Waals surface area contributed by atoms with Crippen LogP contribution in [-0.4, -0.2) is 44.0 Å². The van der Waals surface area contributed by atoms with Gasteiger partial charge in [-0.25, -0.2) is 4.79 Å². The summed E-state index contributed by atoms with van der Waals surface area (Å²) in [7, 11) is 1.35. The molecule has 2 N–H and O–H groups in total. The normalized spacial score (nSPS) is 12.0. The van der Waals surface area contributed by atoms with E-state index in [4.69, 9.17) is 9.47 Å². The molecule has 2 atom stereocenters. The summed E-state index contributed by atoms with van der Waals surface area (Å²) in [6.07, 6.45) is 1.82. The number of ether oxygens (including phenoxy) is 2. The molecule has 4 aromatic carbocycles. The Hall–Kier alpha value is -4.91. The third kappa shape index (κ3) is 9.04. The number of nitrogens with one attached hydrogen (secondary N) is 2. The third-order valence-electron chi connectivity index (χ3n) is 7.24. The highest BCUT2D eigenvalue weighted by atomic mass is 16.5. The molecule has 0 fully saturated rings. The number of esters is 1. The van der Waals surface area contributed by atoms with Crippen LogP contribution in [0, 0.1) is 5.92 Å². The SMILES string of the molecule is CCC(Cc1ccccc1)C(=O)NCCOc1ccc(CC(Nc2ccccc2C(=O)c2ccccc2)C(=O)OC)cc1. The lowest BCUT2D eigenvalue weighted by Gasteiger charge is -2.20. The Balaban J connectivity index is 1.31. The summed E-state index contributed by atoms with van der Waals surface area (Å²) in [5.41, 5.74) is 3.64. The molecule has 0 saturated carbocycles. The molecule has 0 bridgehead atoms. The topological polar surface area (TPSA) is 93.7 Å². The van der Waals surface area contributed by atoms with Gasteiger partial charge in [-0.3, -0.25) is 9.59 Å². The Morgan fingerprint density at radius 3 is 2.05 bits per heavy atom. The number of carbonyl (C=O) groups excluding carboxylic acids is 3. The second-order valence-corrected chi connectivity index (χ2v) is 10.2. The monoisotopic (exact) mass is 578 g/mol. The maximum absolute atomic E-state index is 13.2. The molecule has 0 radical (unpaired) electrons. The fourth-order valence-electron chi connectivity index (χ4n) is 4.84. The van der Waals surface area contributed by atoms with Crippen LogP contribution in [0.1, 0.15) is 40.4 Å². The molecule has 4 aromatic rings. The van der Waals surface area contributed by atoms with Crippen LogP contribution in [0.3, 0.4) is 0 Å². The molecule has 0 aliphatic carbocycles. The minimum atomic E-state index is -0.709. The molecular formula is C36H38N2O5. The molecule has 0 aliphatic heterocycles. The fraction of sp³-hybridized carbons (Fsp3) is 0.250. The Kier molecular flexibility index (Phi) is 11.5. The van der Waals surface area contributed by atoms with Gasteiger partial charge in [0.25, 0.3) is 0 Å². The van der Waals surface area contributed by atoms with Crippen molar-refractivity contribution in [2.75, 3.05) is 25.6 Å². The van der Waals surface area contributed by atoms with E-state index < -0.39 is 12.0 Å². The van der Waals surface area contributed by atoms with E-state index in [-0.39, 0.29) is 17.6 Å². The smallest absolute Gasteiger partial charge is 0.328 e. The predicted molar refractivity (Wildman–Crippen MR) is 168 cm³/mol. The van der Waals surface area contributed by atoms with Crippen LogP contribution in [0.15, 0.2) is 109 Å². The number of hydrogen-bond donors (Lipinski definition) is 2. The first-order valence-electron chi connectivity index (χ1n) is 14.5. The number of para-hydroxylation sites is 1. The zero-order valence-electron chi connectivity index (χ0n) is 24.6. The van der Waals surface area contributed by atoms with Crippen LogP contribution in [0.25, 0.3) is 0 Å². The molecule has 0 saturated heterocycles. The molecule has 1 amide bonds. The summed E-state index contributed by atoms with van der Waals surface area (Å²) in [5.74, 6) is 0.0398. The van der Waals surface area contributed by atoms with Crippen molar-refractivity contribution in [3.05, 3.63) is 131 Å². The van der Waals surface area contributed by atoms with Crippen LogP contribution in [0.5, 0.6) is 5.75 Å². The summed E-state index contributed by atoms with van der Waals surface area (Å²) in [6.45, 7) is 2.77. The first-order valence-corrected chi connectivity index (χ1v) is 14.5. The number of rotatable bonds is 15. The molecule has 0 heterocycles. The lowest BCUT2D eigenvalue weighted by Crippen LogP contribution is -2.34. The molecule has 0 spiro atoms. The Morgan fingerprint density at radius 2 is 1.37 bits per heavy atom. The van der Waals surface area contributed by atoms with Gasteiger partial charge in [-0.05, 0) is 48.2 Å². The fourth-order valence-corrected chi connectivity index (χ4v) is 4.84. The Bertz CT molecular complexity index is 1470. The molecule has 222 valence electrons. The Labute approximate surface area is 253 Å². The maximum atomic E-state index is 13.2.